The van der Waals surface area contributed by atoms with Crippen LogP contribution in [0.3, 0.4) is 0 Å². The van der Waals surface area contributed by atoms with Crippen molar-refractivity contribution >= 4 is 17.9 Å². The van der Waals surface area contributed by atoms with Crippen LogP contribution in [0.4, 0.5) is 0 Å². The first kappa shape index (κ1) is 23.1. The molecule has 2 aliphatic rings. The van der Waals surface area contributed by atoms with E-state index in [4.69, 9.17) is 0 Å². The van der Waals surface area contributed by atoms with Gasteiger partial charge in [-0.05, 0) is 23.1 Å². The molecule has 0 unspecified atom stereocenters. The summed E-state index contributed by atoms with van der Waals surface area (Å²) in [4.78, 5) is 23.4. The van der Waals surface area contributed by atoms with E-state index in [1.54, 1.807) is 0 Å². The first-order valence-corrected chi connectivity index (χ1v) is 12.0. The maximum Gasteiger partial charge on any atom is 0.222 e. The van der Waals surface area contributed by atoms with Gasteiger partial charge in [0.2, 0.25) is 5.91 Å². The van der Waals surface area contributed by atoms with Gasteiger partial charge in [-0.15, -0.1) is 0 Å². The number of carbonyl (C=O) groups excluding carboxylic acids is 1. The number of nitrogens with one attached hydrogen (secondary N) is 1. The smallest absolute Gasteiger partial charge is 0.222 e. The highest BCUT2D eigenvalue weighted by Crippen LogP contribution is 2.17. The molecule has 0 saturated carbocycles. The van der Waals surface area contributed by atoms with Crippen LogP contribution in [-0.2, 0) is 17.9 Å². The highest BCUT2D eigenvalue weighted by Gasteiger charge is 2.22. The number of likely N-dealkylation sites (tertiary alicyclic amines) is 1. The van der Waals surface area contributed by atoms with Crippen LogP contribution in [0.25, 0.3) is 6.08 Å². The number of amides is 1. The molecule has 0 atom stereocenters. The zero-order valence-corrected chi connectivity index (χ0v) is 19.6. The molecule has 0 aromatic heterocycles. The lowest BCUT2D eigenvalue weighted by Gasteiger charge is -2.36. The lowest BCUT2D eigenvalue weighted by Crippen LogP contribution is -2.52. The fourth-order valence-corrected chi connectivity index (χ4v) is 4.51. The topological polar surface area (TPSA) is 51.2 Å². The van der Waals surface area contributed by atoms with Crippen molar-refractivity contribution in [3.8, 4) is 0 Å². The highest BCUT2D eigenvalue weighted by atomic mass is 16.2. The maximum absolute atomic E-state index is 12.0. The fraction of sp³-hybridized carbons (Fsp3) is 0.407. The van der Waals surface area contributed by atoms with Crippen molar-refractivity contribution in [3.63, 3.8) is 0 Å². The zero-order valence-electron chi connectivity index (χ0n) is 19.6. The molecular formula is C27H35N5O. The van der Waals surface area contributed by atoms with Crippen LogP contribution in [0.2, 0.25) is 0 Å². The second-order valence-electron chi connectivity index (χ2n) is 8.69. The minimum atomic E-state index is 0.269. The minimum absolute atomic E-state index is 0.269. The Balaban J connectivity index is 1.26. The molecule has 2 heterocycles. The summed E-state index contributed by atoms with van der Waals surface area (Å²) in [5.41, 5.74) is 3.68. The number of aliphatic imine (C=N–C) groups is 1. The van der Waals surface area contributed by atoms with Crippen molar-refractivity contribution in [1.29, 1.82) is 0 Å². The van der Waals surface area contributed by atoms with E-state index < -0.39 is 0 Å². The quantitative estimate of drug-likeness (QED) is 0.525. The Morgan fingerprint density at radius 2 is 1.70 bits per heavy atom. The number of hydrogen-bond acceptors (Lipinski definition) is 3. The molecule has 4 rings (SSSR count). The fourth-order valence-electron chi connectivity index (χ4n) is 4.51. The van der Waals surface area contributed by atoms with Crippen LogP contribution in [0.1, 0.15) is 29.5 Å². The second kappa shape index (κ2) is 11.7. The molecule has 2 saturated heterocycles. The van der Waals surface area contributed by atoms with Crippen LogP contribution in [0, 0.1) is 0 Å². The summed E-state index contributed by atoms with van der Waals surface area (Å²) in [6.07, 6.45) is 6.10. The van der Waals surface area contributed by atoms with Crippen LogP contribution >= 0.6 is 0 Å². The predicted molar refractivity (Wildman–Crippen MR) is 135 cm³/mol. The van der Waals surface area contributed by atoms with Gasteiger partial charge in [-0.2, -0.15) is 0 Å². The van der Waals surface area contributed by atoms with Crippen molar-refractivity contribution < 1.29 is 4.79 Å². The van der Waals surface area contributed by atoms with Gasteiger partial charge in [0.25, 0.3) is 0 Å². The molecule has 33 heavy (non-hydrogen) atoms. The lowest BCUT2D eigenvalue weighted by molar-refractivity contribution is -0.128. The molecule has 6 nitrogen and oxygen atoms in total. The Hall–Kier alpha value is -3.12. The summed E-state index contributed by atoms with van der Waals surface area (Å²) >= 11 is 0. The van der Waals surface area contributed by atoms with E-state index in [-0.39, 0.29) is 5.91 Å². The Morgan fingerprint density at radius 3 is 2.39 bits per heavy atom. The third-order valence-corrected chi connectivity index (χ3v) is 6.45. The zero-order chi connectivity index (χ0) is 22.9. The molecule has 0 bridgehead atoms. The van der Waals surface area contributed by atoms with E-state index in [0.717, 1.165) is 51.6 Å². The molecule has 2 aromatic rings. The van der Waals surface area contributed by atoms with E-state index in [9.17, 15) is 4.79 Å². The standard InChI is InChI=1S/C27H35N5O/c1-28-27(29-21-24-12-5-6-13-25(24)22-32-16-8-14-26(32)33)31-19-17-30(18-20-31)15-7-11-23-9-3-2-4-10-23/h2-7,9-13H,8,14-22H2,1H3,(H,28,29)/b11-7+. The molecule has 0 aliphatic carbocycles. The third kappa shape index (κ3) is 6.45. The Bertz CT molecular complexity index is 963. The molecule has 174 valence electrons. The van der Waals surface area contributed by atoms with Gasteiger partial charge in [0.15, 0.2) is 5.96 Å². The van der Waals surface area contributed by atoms with Gasteiger partial charge in [-0.25, -0.2) is 0 Å². The van der Waals surface area contributed by atoms with E-state index in [2.05, 4.69) is 80.8 Å². The van der Waals surface area contributed by atoms with Gasteiger partial charge in [0.1, 0.15) is 0 Å². The summed E-state index contributed by atoms with van der Waals surface area (Å²) in [6.45, 7) is 7.21. The van der Waals surface area contributed by atoms with Gasteiger partial charge in [0, 0.05) is 65.8 Å². The van der Waals surface area contributed by atoms with E-state index in [1.165, 1.54) is 16.7 Å². The van der Waals surface area contributed by atoms with Crippen molar-refractivity contribution in [2.45, 2.75) is 25.9 Å². The molecular weight excluding hydrogens is 410 g/mol. The number of carbonyl (C=O) groups is 1. The number of rotatable bonds is 7. The van der Waals surface area contributed by atoms with Gasteiger partial charge < -0.3 is 15.1 Å². The molecule has 0 spiro atoms. The summed E-state index contributed by atoms with van der Waals surface area (Å²) < 4.78 is 0. The van der Waals surface area contributed by atoms with Crippen molar-refractivity contribution in [3.05, 3.63) is 77.4 Å². The van der Waals surface area contributed by atoms with Crippen molar-refractivity contribution in [1.82, 2.24) is 20.0 Å². The van der Waals surface area contributed by atoms with Crippen LogP contribution in [-0.4, -0.2) is 72.9 Å². The summed E-state index contributed by atoms with van der Waals surface area (Å²) in [7, 11) is 1.85. The van der Waals surface area contributed by atoms with E-state index in [0.29, 0.717) is 19.5 Å². The van der Waals surface area contributed by atoms with Crippen LogP contribution < -0.4 is 5.32 Å². The third-order valence-electron chi connectivity index (χ3n) is 6.45. The van der Waals surface area contributed by atoms with Crippen molar-refractivity contribution in [2.75, 3.05) is 46.3 Å². The lowest BCUT2D eigenvalue weighted by atomic mass is 10.1. The average Bonchev–Trinajstić information content (AvgIpc) is 3.26. The maximum atomic E-state index is 12.0. The average molecular weight is 446 g/mol. The molecule has 2 aliphatic heterocycles. The molecule has 0 radical (unpaired) electrons. The Labute approximate surface area is 197 Å². The minimum Gasteiger partial charge on any atom is -0.352 e. The number of piperazine rings is 1. The number of guanidine groups is 1. The summed E-state index contributed by atoms with van der Waals surface area (Å²) in [5, 5.41) is 3.55. The van der Waals surface area contributed by atoms with E-state index in [1.807, 2.05) is 18.0 Å². The summed E-state index contributed by atoms with van der Waals surface area (Å²) in [5.74, 6) is 1.21. The van der Waals surface area contributed by atoms with Crippen molar-refractivity contribution in [2.24, 2.45) is 4.99 Å². The highest BCUT2D eigenvalue weighted by molar-refractivity contribution is 5.80. The van der Waals surface area contributed by atoms with Gasteiger partial charge in [0.05, 0.1) is 0 Å². The number of hydrogen-bond donors (Lipinski definition) is 1. The molecule has 2 aromatic carbocycles. The predicted octanol–water partition coefficient (Wildman–Crippen LogP) is 3.22. The van der Waals surface area contributed by atoms with Crippen LogP contribution in [0.5, 0.6) is 0 Å². The van der Waals surface area contributed by atoms with Crippen LogP contribution in [0.15, 0.2) is 65.7 Å². The number of benzene rings is 2. The molecule has 2 fully saturated rings. The van der Waals surface area contributed by atoms with Gasteiger partial charge in [-0.3, -0.25) is 14.7 Å². The Morgan fingerprint density at radius 1 is 0.970 bits per heavy atom. The van der Waals surface area contributed by atoms with Gasteiger partial charge >= 0.3 is 0 Å². The monoisotopic (exact) mass is 445 g/mol. The number of nitrogens with zero attached hydrogens (tertiary/aromatic N) is 4. The second-order valence-corrected chi connectivity index (χ2v) is 8.69. The molecule has 1 amide bonds. The Kier molecular flexibility index (Phi) is 8.14. The van der Waals surface area contributed by atoms with E-state index >= 15 is 0 Å². The largest absolute Gasteiger partial charge is 0.352 e. The first-order valence-electron chi connectivity index (χ1n) is 12.0. The normalized spacial score (nSPS) is 17.8. The first-order chi connectivity index (χ1) is 16.2. The summed E-state index contributed by atoms with van der Waals surface area (Å²) in [6, 6.07) is 18.8. The molecule has 6 heteroatoms. The molecule has 1 N–H and O–H groups in total. The van der Waals surface area contributed by atoms with Gasteiger partial charge in [-0.1, -0.05) is 66.7 Å². The SMILES string of the molecule is CN=C(NCc1ccccc1CN1CCCC1=O)N1CCN(C/C=C/c2ccccc2)CC1.